The van der Waals surface area contributed by atoms with Crippen LogP contribution in [0.4, 0.5) is 0 Å². The fourth-order valence-corrected chi connectivity index (χ4v) is 1.35. The number of nitrogens with zero attached hydrogens (tertiary/aromatic N) is 1. The summed E-state index contributed by atoms with van der Waals surface area (Å²) in [6.45, 7) is 9.24. The number of rotatable bonds is 1. The van der Waals surface area contributed by atoms with Gasteiger partial charge in [0.25, 0.3) is 0 Å². The first-order valence-corrected chi connectivity index (χ1v) is 3.79. The van der Waals surface area contributed by atoms with E-state index in [1.807, 2.05) is 0 Å². The van der Waals surface area contributed by atoms with Gasteiger partial charge in [-0.2, -0.15) is 0 Å². The Balaban J connectivity index is 0.000000810. The van der Waals surface area contributed by atoms with Gasteiger partial charge in [0, 0.05) is 25.7 Å². The molecule has 0 saturated carbocycles. The molecule has 1 aliphatic heterocycles. The van der Waals surface area contributed by atoms with Gasteiger partial charge in [-0.05, 0) is 13.5 Å². The van der Waals surface area contributed by atoms with Gasteiger partial charge in [-0.1, -0.05) is 6.92 Å². The number of nitrogens with one attached hydrogen (secondary N) is 1. The number of hydrogen-bond donors (Lipinski definition) is 1. The summed E-state index contributed by atoms with van der Waals surface area (Å²) >= 11 is 0. The number of hydrogen-bond acceptors (Lipinski definition) is 2. The smallest absolute Gasteiger partial charge is 0.0192 e. The second-order valence-corrected chi connectivity index (χ2v) is 2.68. The minimum Gasteiger partial charge on any atom is -0.314 e. The minimum absolute atomic E-state index is 0. The molecule has 0 radical (unpaired) electrons. The molecule has 62 valence electrons. The van der Waals surface area contributed by atoms with Crippen molar-refractivity contribution in [3.63, 3.8) is 0 Å². The molecule has 0 spiro atoms. The van der Waals surface area contributed by atoms with Gasteiger partial charge < -0.3 is 5.32 Å². The van der Waals surface area contributed by atoms with Crippen molar-refractivity contribution in [2.75, 3.05) is 26.2 Å². The monoisotopic (exact) mass is 164 g/mol. The summed E-state index contributed by atoms with van der Waals surface area (Å²) in [5.41, 5.74) is 0. The first-order chi connectivity index (χ1) is 4.34. The van der Waals surface area contributed by atoms with E-state index in [1.54, 1.807) is 0 Å². The zero-order valence-corrected chi connectivity index (χ0v) is 7.58. The van der Waals surface area contributed by atoms with Crippen molar-refractivity contribution in [3.8, 4) is 0 Å². The van der Waals surface area contributed by atoms with Crippen LogP contribution in [-0.4, -0.2) is 37.1 Å². The predicted octanol–water partition coefficient (Wildman–Crippen LogP) is 0.722. The van der Waals surface area contributed by atoms with Gasteiger partial charge >= 0.3 is 0 Å². The molecule has 3 heteroatoms. The van der Waals surface area contributed by atoms with E-state index in [9.17, 15) is 0 Å². The SMILES string of the molecule is CCN1CCNC[C@H]1C.Cl. The van der Waals surface area contributed by atoms with E-state index in [1.165, 1.54) is 13.1 Å². The molecule has 0 bridgehead atoms. The molecule has 1 aliphatic rings. The molecule has 10 heavy (non-hydrogen) atoms. The van der Waals surface area contributed by atoms with Crippen LogP contribution < -0.4 is 5.32 Å². The maximum Gasteiger partial charge on any atom is 0.0192 e. The first-order valence-electron chi connectivity index (χ1n) is 3.79. The Hall–Kier alpha value is 0.210. The summed E-state index contributed by atoms with van der Waals surface area (Å²) < 4.78 is 0. The van der Waals surface area contributed by atoms with Crippen LogP contribution in [0.25, 0.3) is 0 Å². The molecule has 0 aromatic carbocycles. The second-order valence-electron chi connectivity index (χ2n) is 2.68. The van der Waals surface area contributed by atoms with Crippen LogP contribution >= 0.6 is 12.4 Å². The normalized spacial score (nSPS) is 27.6. The molecule has 0 unspecified atom stereocenters. The summed E-state index contributed by atoms with van der Waals surface area (Å²) in [7, 11) is 0. The fourth-order valence-electron chi connectivity index (χ4n) is 1.35. The van der Waals surface area contributed by atoms with Crippen molar-refractivity contribution in [1.82, 2.24) is 10.2 Å². The summed E-state index contributed by atoms with van der Waals surface area (Å²) in [5.74, 6) is 0. The van der Waals surface area contributed by atoms with E-state index in [0.29, 0.717) is 0 Å². The largest absolute Gasteiger partial charge is 0.314 e. The lowest BCUT2D eigenvalue weighted by Gasteiger charge is -2.32. The molecular formula is C7H17ClN2. The predicted molar refractivity (Wildman–Crippen MR) is 46.8 cm³/mol. The average Bonchev–Trinajstić information content (AvgIpc) is 1.89. The fraction of sp³-hybridized carbons (Fsp3) is 1.00. The van der Waals surface area contributed by atoms with Crippen molar-refractivity contribution < 1.29 is 0 Å². The molecular weight excluding hydrogens is 148 g/mol. The van der Waals surface area contributed by atoms with E-state index in [0.717, 1.165) is 19.1 Å². The highest BCUT2D eigenvalue weighted by Crippen LogP contribution is 1.99. The molecule has 0 aromatic heterocycles. The molecule has 1 N–H and O–H groups in total. The van der Waals surface area contributed by atoms with Crippen LogP contribution in [0.15, 0.2) is 0 Å². The molecule has 0 amide bonds. The highest BCUT2D eigenvalue weighted by molar-refractivity contribution is 5.85. The van der Waals surface area contributed by atoms with Crippen molar-refractivity contribution in [3.05, 3.63) is 0 Å². The highest BCUT2D eigenvalue weighted by atomic mass is 35.5. The van der Waals surface area contributed by atoms with Gasteiger partial charge in [-0.25, -0.2) is 0 Å². The molecule has 1 fully saturated rings. The van der Waals surface area contributed by atoms with E-state index < -0.39 is 0 Å². The maximum atomic E-state index is 3.36. The van der Waals surface area contributed by atoms with Gasteiger partial charge in [0.15, 0.2) is 0 Å². The second kappa shape index (κ2) is 4.94. The van der Waals surface area contributed by atoms with E-state index in [2.05, 4.69) is 24.1 Å². The van der Waals surface area contributed by atoms with Crippen molar-refractivity contribution in [2.45, 2.75) is 19.9 Å². The van der Waals surface area contributed by atoms with Gasteiger partial charge in [0.2, 0.25) is 0 Å². The number of likely N-dealkylation sites (N-methyl/N-ethyl adjacent to an activating group) is 1. The van der Waals surface area contributed by atoms with E-state index in [-0.39, 0.29) is 12.4 Å². The van der Waals surface area contributed by atoms with Gasteiger partial charge in [-0.3, -0.25) is 4.90 Å². The Kier molecular flexibility index (Phi) is 5.04. The first kappa shape index (κ1) is 10.2. The Labute approximate surface area is 69.4 Å². The molecule has 0 aromatic rings. The van der Waals surface area contributed by atoms with E-state index in [4.69, 9.17) is 0 Å². The van der Waals surface area contributed by atoms with E-state index >= 15 is 0 Å². The summed E-state index contributed by atoms with van der Waals surface area (Å²) in [4.78, 5) is 2.50. The van der Waals surface area contributed by atoms with Crippen LogP contribution in [0, 0.1) is 0 Å². The lowest BCUT2D eigenvalue weighted by atomic mass is 10.2. The molecule has 1 saturated heterocycles. The Bertz CT molecular complexity index is 87.7. The van der Waals surface area contributed by atoms with Crippen molar-refractivity contribution in [1.29, 1.82) is 0 Å². The summed E-state index contributed by atoms with van der Waals surface area (Å²) in [5, 5.41) is 3.36. The lowest BCUT2D eigenvalue weighted by molar-refractivity contribution is 0.183. The number of halogens is 1. The summed E-state index contributed by atoms with van der Waals surface area (Å²) in [6.07, 6.45) is 0. The zero-order valence-electron chi connectivity index (χ0n) is 6.76. The summed E-state index contributed by atoms with van der Waals surface area (Å²) in [6, 6.07) is 0.740. The third-order valence-electron chi connectivity index (χ3n) is 2.05. The highest BCUT2D eigenvalue weighted by Gasteiger charge is 2.14. The molecule has 1 atom stereocenters. The standard InChI is InChI=1S/C7H16N2.ClH/c1-3-9-5-4-8-6-7(9)2;/h7-8H,3-6H2,1-2H3;1H/t7-;/m1./s1. The zero-order chi connectivity index (χ0) is 6.69. The van der Waals surface area contributed by atoms with Crippen molar-refractivity contribution in [2.24, 2.45) is 0 Å². The average molecular weight is 165 g/mol. The lowest BCUT2D eigenvalue weighted by Crippen LogP contribution is -2.49. The molecule has 2 nitrogen and oxygen atoms in total. The van der Waals surface area contributed by atoms with Gasteiger partial charge in [0.05, 0.1) is 0 Å². The molecule has 1 heterocycles. The van der Waals surface area contributed by atoms with Crippen molar-refractivity contribution >= 4 is 12.4 Å². The Morgan fingerprint density at radius 2 is 2.30 bits per heavy atom. The molecule has 0 aliphatic carbocycles. The van der Waals surface area contributed by atoms with Crippen LogP contribution in [0.2, 0.25) is 0 Å². The third-order valence-corrected chi connectivity index (χ3v) is 2.05. The topological polar surface area (TPSA) is 15.3 Å². The van der Waals surface area contributed by atoms with Crippen LogP contribution in [0.1, 0.15) is 13.8 Å². The van der Waals surface area contributed by atoms with Crippen LogP contribution in [-0.2, 0) is 0 Å². The minimum atomic E-state index is 0. The quantitative estimate of drug-likeness (QED) is 0.615. The van der Waals surface area contributed by atoms with Crippen LogP contribution in [0.5, 0.6) is 0 Å². The Morgan fingerprint density at radius 3 is 2.70 bits per heavy atom. The van der Waals surface area contributed by atoms with Gasteiger partial charge in [0.1, 0.15) is 0 Å². The van der Waals surface area contributed by atoms with Crippen LogP contribution in [0.3, 0.4) is 0 Å². The Morgan fingerprint density at radius 1 is 1.60 bits per heavy atom. The maximum absolute atomic E-state index is 3.36. The van der Waals surface area contributed by atoms with Gasteiger partial charge in [-0.15, -0.1) is 12.4 Å². The number of piperazine rings is 1. The molecule has 1 rings (SSSR count). The third kappa shape index (κ3) is 2.45.